The maximum atomic E-state index is 13.2. The van der Waals surface area contributed by atoms with Crippen LogP contribution < -0.4 is 0 Å². The summed E-state index contributed by atoms with van der Waals surface area (Å²) in [7, 11) is 3.76. The molecule has 0 bridgehead atoms. The molecule has 1 heterocycles. The highest BCUT2D eigenvalue weighted by Gasteiger charge is 2.37. The van der Waals surface area contributed by atoms with Crippen molar-refractivity contribution in [1.82, 2.24) is 9.88 Å². The Labute approximate surface area is 172 Å². The van der Waals surface area contributed by atoms with Crippen molar-refractivity contribution in [2.45, 2.75) is 51.5 Å². The Hall–Kier alpha value is -2.09. The molecule has 0 aliphatic rings. The summed E-state index contributed by atoms with van der Waals surface area (Å²) in [6.07, 6.45) is -7.04. The van der Waals surface area contributed by atoms with E-state index in [4.69, 9.17) is 0 Å². The third kappa shape index (κ3) is 5.97. The molecule has 8 heteroatoms. The van der Waals surface area contributed by atoms with Crippen molar-refractivity contribution in [3.05, 3.63) is 53.2 Å². The van der Waals surface area contributed by atoms with E-state index in [2.05, 4.69) is 18.8 Å². The summed E-state index contributed by atoms with van der Waals surface area (Å²) in [6.45, 7) is 4.18. The minimum atomic E-state index is -4.89. The first-order chi connectivity index (χ1) is 13.9. The third-order valence-corrected chi connectivity index (χ3v) is 5.33. The molecule has 0 radical (unpaired) electrons. The quantitative estimate of drug-likeness (QED) is 0.430. The Morgan fingerprint density at radius 2 is 1.40 bits per heavy atom. The van der Waals surface area contributed by atoms with E-state index in [1.807, 2.05) is 19.0 Å². The Morgan fingerprint density at radius 1 is 0.867 bits per heavy atom. The van der Waals surface area contributed by atoms with E-state index >= 15 is 0 Å². The Balaban J connectivity index is 2.55. The summed E-state index contributed by atoms with van der Waals surface area (Å²) in [5, 5.41) is 0. The molecule has 2 aromatic rings. The predicted octanol–water partition coefficient (Wildman–Crippen LogP) is 7.22. The lowest BCUT2D eigenvalue weighted by atomic mass is 9.92. The molecule has 0 fully saturated rings. The summed E-state index contributed by atoms with van der Waals surface area (Å²) in [6, 6.07) is 6.28. The molecule has 166 valence electrons. The van der Waals surface area contributed by atoms with Gasteiger partial charge in [-0.05, 0) is 56.8 Å². The summed E-state index contributed by atoms with van der Waals surface area (Å²) < 4.78 is 79.2. The van der Waals surface area contributed by atoms with Crippen molar-refractivity contribution in [3.8, 4) is 11.3 Å². The van der Waals surface area contributed by atoms with Crippen LogP contribution in [0.3, 0.4) is 0 Å². The summed E-state index contributed by atoms with van der Waals surface area (Å²) >= 11 is 0. The van der Waals surface area contributed by atoms with Gasteiger partial charge in [0.15, 0.2) is 0 Å². The fourth-order valence-electron chi connectivity index (χ4n) is 3.43. The Morgan fingerprint density at radius 3 is 1.83 bits per heavy atom. The summed E-state index contributed by atoms with van der Waals surface area (Å²) in [5.74, 6) is 0.438. The second kappa shape index (κ2) is 9.37. The van der Waals surface area contributed by atoms with Crippen LogP contribution in [-0.2, 0) is 12.4 Å². The molecule has 1 aromatic carbocycles. The number of alkyl halides is 6. The van der Waals surface area contributed by atoms with E-state index in [1.54, 1.807) is 12.1 Å². The average molecular weight is 432 g/mol. The number of pyridine rings is 1. The number of benzene rings is 1. The van der Waals surface area contributed by atoms with Gasteiger partial charge in [-0.2, -0.15) is 26.3 Å². The zero-order valence-corrected chi connectivity index (χ0v) is 17.4. The highest BCUT2D eigenvalue weighted by molar-refractivity contribution is 5.62. The van der Waals surface area contributed by atoms with Crippen LogP contribution in [0.2, 0.25) is 0 Å². The van der Waals surface area contributed by atoms with Crippen LogP contribution in [-0.4, -0.2) is 24.0 Å². The molecule has 1 unspecified atom stereocenters. The molecular formula is C22H26F6N2. The Kier molecular flexibility index (Phi) is 7.55. The lowest BCUT2D eigenvalue weighted by molar-refractivity contribution is -0.143. The van der Waals surface area contributed by atoms with Crippen LogP contribution in [0.15, 0.2) is 36.4 Å². The predicted molar refractivity (Wildman–Crippen MR) is 105 cm³/mol. The molecule has 0 N–H and O–H groups in total. The van der Waals surface area contributed by atoms with E-state index in [0.29, 0.717) is 23.7 Å². The highest BCUT2D eigenvalue weighted by atomic mass is 19.4. The van der Waals surface area contributed by atoms with Crippen molar-refractivity contribution >= 4 is 0 Å². The van der Waals surface area contributed by atoms with Gasteiger partial charge in [-0.1, -0.05) is 32.8 Å². The first-order valence-electron chi connectivity index (χ1n) is 9.80. The summed E-state index contributed by atoms with van der Waals surface area (Å²) in [5.41, 5.74) is -2.20. The van der Waals surface area contributed by atoms with Gasteiger partial charge in [0.1, 0.15) is 0 Å². The number of rotatable bonds is 7. The first-order valence-corrected chi connectivity index (χ1v) is 9.80. The maximum Gasteiger partial charge on any atom is 0.416 e. The van der Waals surface area contributed by atoms with Crippen LogP contribution in [0.25, 0.3) is 11.3 Å². The highest BCUT2D eigenvalue weighted by Crippen LogP contribution is 2.38. The van der Waals surface area contributed by atoms with Gasteiger partial charge in [-0.15, -0.1) is 0 Å². The van der Waals surface area contributed by atoms with Crippen molar-refractivity contribution in [1.29, 1.82) is 0 Å². The second-order valence-electron chi connectivity index (χ2n) is 7.64. The number of hydrogen-bond acceptors (Lipinski definition) is 2. The molecule has 0 aliphatic heterocycles. The molecule has 0 spiro atoms. The number of aromatic nitrogens is 1. The fourth-order valence-corrected chi connectivity index (χ4v) is 3.43. The van der Waals surface area contributed by atoms with Gasteiger partial charge < -0.3 is 4.90 Å². The fraction of sp³-hybridized carbons (Fsp3) is 0.500. The molecule has 0 amide bonds. The van der Waals surface area contributed by atoms with E-state index in [0.717, 1.165) is 19.3 Å². The van der Waals surface area contributed by atoms with Gasteiger partial charge in [0.05, 0.1) is 28.6 Å². The molecular weight excluding hydrogens is 406 g/mol. The van der Waals surface area contributed by atoms with Gasteiger partial charge in [0, 0.05) is 5.56 Å². The molecule has 0 saturated heterocycles. The van der Waals surface area contributed by atoms with Crippen molar-refractivity contribution in [3.63, 3.8) is 0 Å². The van der Waals surface area contributed by atoms with Crippen LogP contribution in [0.1, 0.15) is 56.0 Å². The van der Waals surface area contributed by atoms with E-state index < -0.39 is 23.5 Å². The zero-order valence-electron chi connectivity index (χ0n) is 17.4. The van der Waals surface area contributed by atoms with Crippen LogP contribution in [0.4, 0.5) is 26.3 Å². The van der Waals surface area contributed by atoms with E-state index in [-0.39, 0.29) is 23.4 Å². The van der Waals surface area contributed by atoms with E-state index in [1.165, 1.54) is 6.07 Å². The van der Waals surface area contributed by atoms with Crippen LogP contribution in [0, 0.1) is 5.92 Å². The second-order valence-corrected chi connectivity index (χ2v) is 7.64. The van der Waals surface area contributed by atoms with Gasteiger partial charge >= 0.3 is 12.4 Å². The largest absolute Gasteiger partial charge is 0.416 e. The molecule has 0 aliphatic carbocycles. The van der Waals surface area contributed by atoms with Gasteiger partial charge in [0.25, 0.3) is 0 Å². The minimum absolute atomic E-state index is 0.0838. The van der Waals surface area contributed by atoms with Crippen LogP contribution in [0.5, 0.6) is 0 Å². The normalized spacial score (nSPS) is 13.9. The van der Waals surface area contributed by atoms with Crippen molar-refractivity contribution in [2.24, 2.45) is 5.92 Å². The third-order valence-electron chi connectivity index (χ3n) is 5.33. The Bertz CT molecular complexity index is 806. The lowest BCUT2D eigenvalue weighted by Gasteiger charge is -2.27. The first kappa shape index (κ1) is 24.2. The zero-order chi connectivity index (χ0) is 22.7. The molecule has 0 saturated carbocycles. The van der Waals surface area contributed by atoms with Crippen molar-refractivity contribution in [2.75, 3.05) is 14.1 Å². The van der Waals surface area contributed by atoms with E-state index in [9.17, 15) is 26.3 Å². The summed E-state index contributed by atoms with van der Waals surface area (Å²) in [4.78, 5) is 6.43. The number of nitrogens with zero attached hydrogens (tertiary/aromatic N) is 2. The number of hydrogen-bond donors (Lipinski definition) is 0. The number of halogens is 6. The van der Waals surface area contributed by atoms with Gasteiger partial charge in [-0.25, -0.2) is 0 Å². The molecule has 2 rings (SSSR count). The minimum Gasteiger partial charge on any atom is -0.301 e. The van der Waals surface area contributed by atoms with Gasteiger partial charge in [0.2, 0.25) is 0 Å². The van der Waals surface area contributed by atoms with Crippen LogP contribution >= 0.6 is 0 Å². The molecule has 30 heavy (non-hydrogen) atoms. The molecule has 2 nitrogen and oxygen atoms in total. The SMILES string of the molecule is CCC(CC)CC(c1cccc(-c2cc(C(F)(F)F)cc(C(F)(F)F)c2)n1)N(C)C. The smallest absolute Gasteiger partial charge is 0.301 e. The monoisotopic (exact) mass is 432 g/mol. The van der Waals surface area contributed by atoms with Gasteiger partial charge in [-0.3, -0.25) is 4.98 Å². The lowest BCUT2D eigenvalue weighted by Crippen LogP contribution is -2.23. The molecule has 1 atom stereocenters. The van der Waals surface area contributed by atoms with Crippen molar-refractivity contribution < 1.29 is 26.3 Å². The topological polar surface area (TPSA) is 16.1 Å². The average Bonchev–Trinajstić information content (AvgIpc) is 2.67. The standard InChI is InChI=1S/C22H26F6N2/c1-5-14(6-2)10-20(30(3)4)19-9-7-8-18(29-19)15-11-16(21(23,24)25)13-17(12-15)22(26,27)28/h7-9,11-14,20H,5-6,10H2,1-4H3. The molecule has 1 aromatic heterocycles. The maximum absolute atomic E-state index is 13.2.